The second-order valence-corrected chi connectivity index (χ2v) is 8.18. The number of carboxylic acids is 1. The van der Waals surface area contributed by atoms with Crippen LogP contribution in [0.3, 0.4) is 0 Å². The van der Waals surface area contributed by atoms with Gasteiger partial charge >= 0.3 is 5.97 Å². The summed E-state index contributed by atoms with van der Waals surface area (Å²) in [6.07, 6.45) is 0.457. The number of halogens is 2. The number of ether oxygens (including phenoxy) is 3. The molecule has 3 N–H and O–H groups in total. The molecule has 0 spiro atoms. The molecule has 170 valence electrons. The van der Waals surface area contributed by atoms with Crippen LogP contribution in [0.25, 0.3) is 0 Å². The van der Waals surface area contributed by atoms with Crippen LogP contribution >= 0.6 is 0 Å². The van der Waals surface area contributed by atoms with E-state index in [0.717, 1.165) is 5.56 Å². The largest absolute Gasteiger partial charge is 0.492 e. The molecule has 0 radical (unpaired) electrons. The molecule has 0 bridgehead atoms. The van der Waals surface area contributed by atoms with E-state index in [0.29, 0.717) is 53.5 Å². The highest BCUT2D eigenvalue weighted by atomic mass is 19.1. The number of carboxylic acid groups (broad SMARTS) is 1. The number of fused-ring (bicyclic) bond motifs is 2. The molecular weight excluding hydrogens is 432 g/mol. The fraction of sp³-hybridized carbons (Fsp3) is 0.240. The van der Waals surface area contributed by atoms with E-state index < -0.39 is 23.7 Å². The molecule has 5 rings (SSSR count). The normalized spacial score (nSPS) is 18.4. The van der Waals surface area contributed by atoms with E-state index in [2.05, 4.69) is 0 Å². The summed E-state index contributed by atoms with van der Waals surface area (Å²) >= 11 is 0. The van der Waals surface area contributed by atoms with Crippen molar-refractivity contribution in [2.45, 2.75) is 31.3 Å². The molecule has 1 unspecified atom stereocenters. The molecule has 1 heterocycles. The average molecular weight is 453 g/mol. The topological polar surface area (TPSA) is 91.0 Å². The SMILES string of the molecule is Nc1ccc(F)c(Oc2ccc(F)c3c2CC[C@H]3Oc2ccc3c(c2)OCC3CC(=O)O)c1. The lowest BCUT2D eigenvalue weighted by Crippen LogP contribution is -2.07. The van der Waals surface area contributed by atoms with Crippen LogP contribution in [-0.2, 0) is 11.2 Å². The van der Waals surface area contributed by atoms with Gasteiger partial charge in [0.2, 0.25) is 0 Å². The van der Waals surface area contributed by atoms with Gasteiger partial charge in [-0.15, -0.1) is 0 Å². The molecule has 0 aromatic heterocycles. The minimum atomic E-state index is -0.883. The lowest BCUT2D eigenvalue weighted by Gasteiger charge is -2.17. The molecule has 2 aliphatic rings. The number of hydrogen-bond acceptors (Lipinski definition) is 5. The predicted molar refractivity (Wildman–Crippen MR) is 116 cm³/mol. The maximum atomic E-state index is 14.8. The number of nitrogens with two attached hydrogens (primary N) is 1. The lowest BCUT2D eigenvalue weighted by molar-refractivity contribution is -0.137. The predicted octanol–water partition coefficient (Wildman–Crippen LogP) is 5.36. The van der Waals surface area contributed by atoms with Crippen molar-refractivity contribution in [3.8, 4) is 23.0 Å². The van der Waals surface area contributed by atoms with Crippen LogP contribution < -0.4 is 19.9 Å². The monoisotopic (exact) mass is 453 g/mol. The van der Waals surface area contributed by atoms with E-state index >= 15 is 0 Å². The standard InChI is InChI=1S/C25H21F2NO5/c26-18-5-1-14(28)10-23(18)33-20-8-6-19(27)25-17(20)4-7-21(25)32-15-2-3-16-13(9-24(29)30)12-31-22(16)11-15/h1-3,5-6,8,10-11,13,21H,4,7,9,12,28H2,(H,29,30)/t13?,21-/m1/s1. The smallest absolute Gasteiger partial charge is 0.304 e. The van der Waals surface area contributed by atoms with Crippen LogP contribution in [0.4, 0.5) is 14.5 Å². The zero-order valence-corrected chi connectivity index (χ0v) is 17.5. The van der Waals surface area contributed by atoms with Crippen LogP contribution in [-0.4, -0.2) is 17.7 Å². The molecule has 0 saturated carbocycles. The van der Waals surface area contributed by atoms with E-state index in [1.165, 1.54) is 30.3 Å². The number of rotatable bonds is 6. The molecule has 8 heteroatoms. The summed E-state index contributed by atoms with van der Waals surface area (Å²) in [6.45, 7) is 0.299. The Balaban J connectivity index is 1.39. The van der Waals surface area contributed by atoms with Crippen molar-refractivity contribution in [3.05, 3.63) is 76.9 Å². The van der Waals surface area contributed by atoms with Gasteiger partial charge in [0.1, 0.15) is 29.2 Å². The number of hydrogen-bond donors (Lipinski definition) is 2. The summed E-state index contributed by atoms with van der Waals surface area (Å²) in [5.41, 5.74) is 7.91. The third kappa shape index (κ3) is 4.04. The van der Waals surface area contributed by atoms with Crippen molar-refractivity contribution in [1.29, 1.82) is 0 Å². The van der Waals surface area contributed by atoms with Gasteiger partial charge in [-0.05, 0) is 43.2 Å². The molecule has 6 nitrogen and oxygen atoms in total. The number of anilines is 1. The molecule has 1 aliphatic heterocycles. The first-order valence-corrected chi connectivity index (χ1v) is 10.6. The van der Waals surface area contributed by atoms with Gasteiger partial charge < -0.3 is 25.1 Å². The lowest BCUT2D eigenvalue weighted by atomic mass is 9.98. The van der Waals surface area contributed by atoms with Gasteiger partial charge in [-0.1, -0.05) is 6.07 Å². The van der Waals surface area contributed by atoms with Crippen molar-refractivity contribution < 1.29 is 32.9 Å². The van der Waals surface area contributed by atoms with Gasteiger partial charge in [-0.25, -0.2) is 8.78 Å². The highest BCUT2D eigenvalue weighted by Crippen LogP contribution is 2.44. The Bertz CT molecular complexity index is 1250. The van der Waals surface area contributed by atoms with Crippen molar-refractivity contribution >= 4 is 11.7 Å². The zero-order valence-electron chi connectivity index (χ0n) is 17.5. The van der Waals surface area contributed by atoms with Crippen molar-refractivity contribution in [2.75, 3.05) is 12.3 Å². The molecule has 3 aromatic carbocycles. The number of aliphatic carboxylic acids is 1. The number of nitrogen functional groups attached to an aromatic ring is 1. The highest BCUT2D eigenvalue weighted by Gasteiger charge is 2.32. The van der Waals surface area contributed by atoms with Gasteiger partial charge in [0.15, 0.2) is 11.6 Å². The van der Waals surface area contributed by atoms with Gasteiger partial charge in [-0.2, -0.15) is 0 Å². The zero-order chi connectivity index (χ0) is 23.1. The summed E-state index contributed by atoms with van der Waals surface area (Å²) in [5, 5.41) is 9.05. The molecule has 2 atom stereocenters. The minimum Gasteiger partial charge on any atom is -0.492 e. The Morgan fingerprint density at radius 2 is 1.91 bits per heavy atom. The first-order chi connectivity index (χ1) is 15.9. The Morgan fingerprint density at radius 3 is 2.73 bits per heavy atom. The van der Waals surface area contributed by atoms with E-state index in [4.69, 9.17) is 25.1 Å². The summed E-state index contributed by atoms with van der Waals surface area (Å²) in [5.74, 6) is -0.675. The van der Waals surface area contributed by atoms with Crippen molar-refractivity contribution in [3.63, 3.8) is 0 Å². The van der Waals surface area contributed by atoms with Crippen LogP contribution in [0.15, 0.2) is 48.5 Å². The Kier molecular flexibility index (Phi) is 5.28. The minimum absolute atomic E-state index is 0.00908. The Morgan fingerprint density at radius 1 is 1.09 bits per heavy atom. The van der Waals surface area contributed by atoms with Crippen LogP contribution in [0.5, 0.6) is 23.0 Å². The maximum Gasteiger partial charge on any atom is 0.304 e. The Hall–Kier alpha value is -3.81. The molecular formula is C25H21F2NO5. The summed E-state index contributed by atoms with van der Waals surface area (Å²) in [7, 11) is 0. The van der Waals surface area contributed by atoms with Crippen molar-refractivity contribution in [1.82, 2.24) is 0 Å². The van der Waals surface area contributed by atoms with E-state index in [1.54, 1.807) is 18.2 Å². The third-order valence-corrected chi connectivity index (χ3v) is 5.98. The van der Waals surface area contributed by atoms with Gasteiger partial charge in [0.25, 0.3) is 0 Å². The highest BCUT2D eigenvalue weighted by molar-refractivity contribution is 5.68. The summed E-state index contributed by atoms with van der Waals surface area (Å²) in [6, 6.07) is 12.0. The molecule has 33 heavy (non-hydrogen) atoms. The maximum absolute atomic E-state index is 14.8. The third-order valence-electron chi connectivity index (χ3n) is 5.98. The quantitative estimate of drug-likeness (QED) is 0.489. The van der Waals surface area contributed by atoms with Crippen molar-refractivity contribution in [2.24, 2.45) is 0 Å². The second kappa shape index (κ2) is 8.27. The number of benzene rings is 3. The van der Waals surface area contributed by atoms with Gasteiger partial charge in [0, 0.05) is 40.4 Å². The second-order valence-electron chi connectivity index (χ2n) is 8.18. The van der Waals surface area contributed by atoms with E-state index in [9.17, 15) is 13.6 Å². The first kappa shape index (κ1) is 21.1. The Labute approximate surface area is 188 Å². The molecule has 0 amide bonds. The molecule has 3 aromatic rings. The van der Waals surface area contributed by atoms with E-state index in [1.807, 2.05) is 0 Å². The average Bonchev–Trinajstić information content (AvgIpc) is 3.37. The van der Waals surface area contributed by atoms with Crippen LogP contribution in [0, 0.1) is 11.6 Å². The van der Waals surface area contributed by atoms with Gasteiger partial charge in [-0.3, -0.25) is 4.79 Å². The van der Waals surface area contributed by atoms with Crippen LogP contribution in [0.2, 0.25) is 0 Å². The fourth-order valence-electron chi connectivity index (χ4n) is 4.45. The summed E-state index contributed by atoms with van der Waals surface area (Å²) < 4.78 is 46.4. The molecule has 1 aliphatic carbocycles. The first-order valence-electron chi connectivity index (χ1n) is 10.6. The molecule has 0 fully saturated rings. The van der Waals surface area contributed by atoms with Crippen LogP contribution in [0.1, 0.15) is 41.6 Å². The van der Waals surface area contributed by atoms with Gasteiger partial charge in [0.05, 0.1) is 13.0 Å². The molecule has 0 saturated heterocycles. The summed E-state index contributed by atoms with van der Waals surface area (Å²) in [4.78, 5) is 11.0. The van der Waals surface area contributed by atoms with E-state index in [-0.39, 0.29) is 18.1 Å². The fourth-order valence-corrected chi connectivity index (χ4v) is 4.45. The number of carbonyl (C=O) groups is 1.